The molecule has 2 aliphatic rings. The molecule has 4 amide bonds. The number of hydrogen-bond acceptors (Lipinski definition) is 4. The maximum absolute atomic E-state index is 13.0. The first-order valence-corrected chi connectivity index (χ1v) is 11.5. The smallest absolute Gasteiger partial charge is 0.317 e. The molecule has 178 valence electrons. The van der Waals surface area contributed by atoms with Crippen LogP contribution in [0.1, 0.15) is 28.8 Å². The summed E-state index contributed by atoms with van der Waals surface area (Å²) in [6, 6.07) is 17.7. The summed E-state index contributed by atoms with van der Waals surface area (Å²) in [5.74, 6) is -0.567. The Balaban J connectivity index is 1.74. The fourth-order valence-corrected chi connectivity index (χ4v) is 5.16. The molecule has 2 heterocycles. The molecular weight excluding hydrogens is 493 g/mol. The molecule has 11 heteroatoms. The van der Waals surface area contributed by atoms with Gasteiger partial charge in [0.2, 0.25) is 0 Å². The second-order valence-corrected chi connectivity index (χ2v) is 9.27. The number of benzene rings is 3. The number of carbonyl (C=O) groups is 2. The van der Waals surface area contributed by atoms with Crippen molar-refractivity contribution in [2.75, 3.05) is 0 Å². The summed E-state index contributed by atoms with van der Waals surface area (Å²) in [7, 11) is 0. The third-order valence-corrected chi connectivity index (χ3v) is 6.89. The number of nitro benzene ring substituents is 1. The van der Waals surface area contributed by atoms with Gasteiger partial charge in [-0.25, -0.2) is 9.59 Å². The van der Waals surface area contributed by atoms with Crippen LogP contribution in [-0.2, 0) is 5.66 Å². The lowest BCUT2D eigenvalue weighted by molar-refractivity contribution is -0.385. The largest absolute Gasteiger partial charge is 0.331 e. The van der Waals surface area contributed by atoms with Crippen molar-refractivity contribution in [1.82, 2.24) is 21.3 Å². The molecule has 0 aliphatic carbocycles. The van der Waals surface area contributed by atoms with Gasteiger partial charge in [-0.1, -0.05) is 59.6 Å². The molecule has 9 nitrogen and oxygen atoms in total. The number of nitro groups is 1. The molecule has 2 saturated heterocycles. The van der Waals surface area contributed by atoms with Crippen molar-refractivity contribution in [3.05, 3.63) is 110 Å². The normalized spacial score (nSPS) is 25.4. The maximum atomic E-state index is 13.0. The van der Waals surface area contributed by atoms with Gasteiger partial charge >= 0.3 is 12.1 Å². The average molecular weight is 512 g/mol. The SMILES string of the molecule is O=C1NC(c2ccc(Cl)cc2)C2C(c3ccc(Cl)cc3)NC(=O)NC2(c2cccc([N+](=O)[O-])c2)N1. The Bertz CT molecular complexity index is 1250. The van der Waals surface area contributed by atoms with Crippen LogP contribution in [-0.4, -0.2) is 17.0 Å². The summed E-state index contributed by atoms with van der Waals surface area (Å²) >= 11 is 12.2. The number of amides is 4. The number of nitrogens with zero attached hydrogens (tertiary/aromatic N) is 1. The number of rotatable bonds is 4. The predicted molar refractivity (Wildman–Crippen MR) is 130 cm³/mol. The summed E-state index contributed by atoms with van der Waals surface area (Å²) in [6.07, 6.45) is 0. The van der Waals surface area contributed by atoms with E-state index in [0.717, 1.165) is 11.1 Å². The van der Waals surface area contributed by atoms with E-state index in [1.165, 1.54) is 18.2 Å². The fraction of sp³-hybridized carbons (Fsp3) is 0.167. The lowest BCUT2D eigenvalue weighted by atomic mass is 9.70. The summed E-state index contributed by atoms with van der Waals surface area (Å²) in [4.78, 5) is 37.0. The predicted octanol–water partition coefficient (Wildman–Crippen LogP) is 4.78. The molecule has 2 aliphatic heterocycles. The van der Waals surface area contributed by atoms with E-state index in [-0.39, 0.29) is 5.69 Å². The van der Waals surface area contributed by atoms with Crippen molar-refractivity contribution in [1.29, 1.82) is 0 Å². The second-order valence-electron chi connectivity index (χ2n) is 8.40. The number of halogens is 2. The number of carbonyl (C=O) groups excluding carboxylic acids is 2. The van der Waals surface area contributed by atoms with Crippen molar-refractivity contribution in [2.24, 2.45) is 5.92 Å². The van der Waals surface area contributed by atoms with E-state index in [1.807, 2.05) is 0 Å². The van der Waals surface area contributed by atoms with E-state index in [4.69, 9.17) is 23.2 Å². The molecule has 2 fully saturated rings. The second kappa shape index (κ2) is 8.75. The fourth-order valence-electron chi connectivity index (χ4n) is 4.91. The van der Waals surface area contributed by atoms with Crippen LogP contribution in [0.5, 0.6) is 0 Å². The monoisotopic (exact) mass is 511 g/mol. The number of nitrogens with one attached hydrogen (secondary N) is 4. The minimum atomic E-state index is -1.47. The molecule has 3 aromatic carbocycles. The van der Waals surface area contributed by atoms with Crippen LogP contribution in [0.4, 0.5) is 15.3 Å². The highest BCUT2D eigenvalue weighted by molar-refractivity contribution is 6.30. The zero-order valence-electron chi connectivity index (χ0n) is 18.0. The Hall–Kier alpha value is -3.82. The number of fused-ring (bicyclic) bond motifs is 1. The molecule has 3 aromatic rings. The first kappa shape index (κ1) is 22.9. The molecule has 0 radical (unpaired) electrons. The molecule has 2 unspecified atom stereocenters. The van der Waals surface area contributed by atoms with Crippen molar-refractivity contribution in [2.45, 2.75) is 17.7 Å². The number of urea groups is 2. The Morgan fingerprint density at radius 1 is 0.771 bits per heavy atom. The molecule has 0 spiro atoms. The summed E-state index contributed by atoms with van der Waals surface area (Å²) in [6.45, 7) is 0. The van der Waals surface area contributed by atoms with Crippen LogP contribution in [0.2, 0.25) is 10.0 Å². The molecule has 2 atom stereocenters. The van der Waals surface area contributed by atoms with Crippen LogP contribution in [0.15, 0.2) is 72.8 Å². The minimum Gasteiger partial charge on any atom is -0.331 e. The van der Waals surface area contributed by atoms with E-state index in [0.29, 0.717) is 15.6 Å². The van der Waals surface area contributed by atoms with Crippen molar-refractivity contribution >= 4 is 41.0 Å². The standard InChI is InChI=1S/C24H19Cl2N5O4/c25-16-8-4-13(5-9-16)20-19-21(14-6-10-17(26)11-7-14)28-23(33)30-24(19,29-22(32)27-20)15-2-1-3-18(12-15)31(34)35/h1-12,19-21H,(H2,27,29,32)(H2,28,30,33). The van der Waals surface area contributed by atoms with Gasteiger partial charge in [0.25, 0.3) is 5.69 Å². The Morgan fingerprint density at radius 3 is 1.71 bits per heavy atom. The third kappa shape index (κ3) is 4.13. The first-order chi connectivity index (χ1) is 16.8. The van der Waals surface area contributed by atoms with E-state index in [2.05, 4.69) is 21.3 Å². The van der Waals surface area contributed by atoms with Gasteiger partial charge < -0.3 is 21.3 Å². The van der Waals surface area contributed by atoms with Crippen molar-refractivity contribution < 1.29 is 14.5 Å². The Morgan fingerprint density at radius 2 is 1.26 bits per heavy atom. The van der Waals surface area contributed by atoms with Gasteiger partial charge in [-0.3, -0.25) is 10.1 Å². The average Bonchev–Trinajstić information content (AvgIpc) is 2.84. The quantitative estimate of drug-likeness (QED) is 0.297. The van der Waals surface area contributed by atoms with Gasteiger partial charge in [0.05, 0.1) is 22.9 Å². The van der Waals surface area contributed by atoms with Crippen molar-refractivity contribution in [3.63, 3.8) is 0 Å². The molecule has 5 rings (SSSR count). The van der Waals surface area contributed by atoms with E-state index >= 15 is 0 Å². The van der Waals surface area contributed by atoms with Crippen molar-refractivity contribution in [3.8, 4) is 0 Å². The van der Waals surface area contributed by atoms with E-state index in [9.17, 15) is 19.7 Å². The Labute approximate surface area is 210 Å². The van der Waals surface area contributed by atoms with Crippen LogP contribution in [0.3, 0.4) is 0 Å². The van der Waals surface area contributed by atoms with Gasteiger partial charge in [0.15, 0.2) is 0 Å². The lowest BCUT2D eigenvalue weighted by Gasteiger charge is -2.54. The van der Waals surface area contributed by atoms with Crippen LogP contribution in [0.25, 0.3) is 0 Å². The molecule has 0 aromatic heterocycles. The van der Waals surface area contributed by atoms with Crippen LogP contribution in [0, 0.1) is 16.0 Å². The van der Waals surface area contributed by atoms with Gasteiger partial charge in [-0.15, -0.1) is 0 Å². The highest BCUT2D eigenvalue weighted by Crippen LogP contribution is 2.48. The summed E-state index contributed by atoms with van der Waals surface area (Å²) in [5.41, 5.74) is 0.245. The van der Waals surface area contributed by atoms with Gasteiger partial charge in [0, 0.05) is 27.7 Å². The van der Waals surface area contributed by atoms with Crippen LogP contribution < -0.4 is 21.3 Å². The zero-order chi connectivity index (χ0) is 24.7. The third-order valence-electron chi connectivity index (χ3n) is 6.38. The lowest BCUT2D eigenvalue weighted by Crippen LogP contribution is -2.76. The topological polar surface area (TPSA) is 125 Å². The zero-order valence-corrected chi connectivity index (χ0v) is 19.5. The highest BCUT2D eigenvalue weighted by atomic mass is 35.5. The maximum Gasteiger partial charge on any atom is 0.317 e. The molecular formula is C24H19Cl2N5O4. The Kier molecular flexibility index (Phi) is 5.74. The molecule has 4 N–H and O–H groups in total. The molecule has 35 heavy (non-hydrogen) atoms. The summed E-state index contributed by atoms with van der Waals surface area (Å²) < 4.78 is 0. The van der Waals surface area contributed by atoms with E-state index < -0.39 is 40.6 Å². The molecule has 0 bridgehead atoms. The number of hydrogen-bond donors (Lipinski definition) is 4. The van der Waals surface area contributed by atoms with Gasteiger partial charge in [-0.05, 0) is 35.4 Å². The summed E-state index contributed by atoms with van der Waals surface area (Å²) in [5, 5.41) is 24.3. The van der Waals surface area contributed by atoms with Gasteiger partial charge in [0.1, 0.15) is 5.66 Å². The van der Waals surface area contributed by atoms with Crippen LogP contribution >= 0.6 is 23.2 Å². The number of non-ortho nitro benzene ring substituents is 1. The van der Waals surface area contributed by atoms with E-state index in [1.54, 1.807) is 54.6 Å². The highest BCUT2D eigenvalue weighted by Gasteiger charge is 2.57. The minimum absolute atomic E-state index is 0.165. The molecule has 0 saturated carbocycles. The van der Waals surface area contributed by atoms with Gasteiger partial charge in [-0.2, -0.15) is 0 Å². The first-order valence-electron chi connectivity index (χ1n) is 10.7.